The van der Waals surface area contributed by atoms with Crippen LogP contribution in [0.25, 0.3) is 0 Å². The van der Waals surface area contributed by atoms with E-state index in [0.717, 1.165) is 12.8 Å². The Hall–Kier alpha value is -2.09. The minimum absolute atomic E-state index is 0.0602. The van der Waals surface area contributed by atoms with Crippen molar-refractivity contribution >= 4 is 33.2 Å². The Kier molecular flexibility index (Phi) is 5.02. The summed E-state index contributed by atoms with van der Waals surface area (Å²) in [5, 5.41) is 5.19. The molecule has 0 aliphatic heterocycles. The van der Waals surface area contributed by atoms with Crippen LogP contribution in [0.3, 0.4) is 0 Å². The third kappa shape index (κ3) is 5.36. The number of sulfonamides is 1. The maximum absolute atomic E-state index is 12.0. The normalized spacial score (nSPS) is 14.2. The molecular weight excluding hydrogens is 306 g/mol. The number of nitrogens with one attached hydrogen (secondary N) is 3. The summed E-state index contributed by atoms with van der Waals surface area (Å²) in [7, 11) is -3.56. The van der Waals surface area contributed by atoms with Crippen LogP contribution in [0.5, 0.6) is 0 Å². The number of hydrogen-bond donors (Lipinski definition) is 3. The van der Waals surface area contributed by atoms with Crippen molar-refractivity contribution < 1.29 is 18.0 Å². The highest BCUT2D eigenvalue weighted by Crippen LogP contribution is 2.28. The lowest BCUT2D eigenvalue weighted by molar-refractivity contribution is -0.122. The molecule has 1 aliphatic rings. The van der Waals surface area contributed by atoms with E-state index in [2.05, 4.69) is 15.4 Å². The standard InChI is InChI=1S/C14H19N3O4S/c1-10(18)16-12-3-2-4-13(9-12)17-22(20,21)8-7-15-14(19)11-5-6-11/h2-4,9,11,17H,5-8H2,1H3,(H,15,19)(H,16,18). The average molecular weight is 325 g/mol. The first-order chi connectivity index (χ1) is 10.4. The summed E-state index contributed by atoms with van der Waals surface area (Å²) in [5.41, 5.74) is 0.870. The van der Waals surface area contributed by atoms with E-state index >= 15 is 0 Å². The Labute approximate surface area is 129 Å². The number of hydrogen-bond acceptors (Lipinski definition) is 4. The first-order valence-electron chi connectivity index (χ1n) is 7.01. The summed E-state index contributed by atoms with van der Waals surface area (Å²) in [4.78, 5) is 22.4. The predicted octanol–water partition coefficient (Wildman–Crippen LogP) is 0.913. The Morgan fingerprint density at radius 3 is 2.55 bits per heavy atom. The molecule has 8 heteroatoms. The fourth-order valence-corrected chi connectivity index (χ4v) is 2.85. The first-order valence-corrected chi connectivity index (χ1v) is 8.67. The number of carbonyl (C=O) groups excluding carboxylic acids is 2. The topological polar surface area (TPSA) is 104 Å². The molecule has 0 saturated heterocycles. The SMILES string of the molecule is CC(=O)Nc1cccc(NS(=O)(=O)CCNC(=O)C2CC2)c1. The highest BCUT2D eigenvalue weighted by Gasteiger charge is 2.29. The second-order valence-electron chi connectivity index (χ2n) is 5.25. The minimum atomic E-state index is -3.56. The molecule has 120 valence electrons. The van der Waals surface area contributed by atoms with E-state index in [9.17, 15) is 18.0 Å². The molecule has 1 aliphatic carbocycles. The van der Waals surface area contributed by atoms with Crippen LogP contribution in [0.2, 0.25) is 0 Å². The van der Waals surface area contributed by atoms with Crippen molar-refractivity contribution in [1.82, 2.24) is 5.32 Å². The van der Waals surface area contributed by atoms with E-state index < -0.39 is 10.0 Å². The van der Waals surface area contributed by atoms with E-state index in [1.807, 2.05) is 0 Å². The molecule has 0 bridgehead atoms. The highest BCUT2D eigenvalue weighted by molar-refractivity contribution is 7.92. The van der Waals surface area contributed by atoms with Crippen LogP contribution >= 0.6 is 0 Å². The molecule has 0 radical (unpaired) electrons. The van der Waals surface area contributed by atoms with Gasteiger partial charge in [0.1, 0.15) is 0 Å². The van der Waals surface area contributed by atoms with E-state index in [0.29, 0.717) is 11.4 Å². The number of amides is 2. The van der Waals surface area contributed by atoms with Crippen molar-refractivity contribution in [3.63, 3.8) is 0 Å². The molecule has 7 nitrogen and oxygen atoms in total. The Bertz CT molecular complexity index is 668. The van der Waals surface area contributed by atoms with Gasteiger partial charge in [0.15, 0.2) is 0 Å². The molecule has 3 N–H and O–H groups in total. The zero-order chi connectivity index (χ0) is 16.2. The van der Waals surface area contributed by atoms with Crippen LogP contribution in [0.15, 0.2) is 24.3 Å². The van der Waals surface area contributed by atoms with Gasteiger partial charge in [0.2, 0.25) is 21.8 Å². The van der Waals surface area contributed by atoms with Gasteiger partial charge in [-0.05, 0) is 31.0 Å². The summed E-state index contributed by atoms with van der Waals surface area (Å²) >= 11 is 0. The molecule has 1 saturated carbocycles. The molecule has 2 amide bonds. The fraction of sp³-hybridized carbons (Fsp3) is 0.429. The molecule has 1 aromatic carbocycles. The molecule has 1 aromatic rings. The lowest BCUT2D eigenvalue weighted by Gasteiger charge is -2.10. The molecule has 0 aromatic heterocycles. The van der Waals surface area contributed by atoms with Crippen LogP contribution in [0.1, 0.15) is 19.8 Å². The van der Waals surface area contributed by atoms with Gasteiger partial charge in [-0.2, -0.15) is 0 Å². The molecule has 1 fully saturated rings. The zero-order valence-corrected chi connectivity index (χ0v) is 13.1. The van der Waals surface area contributed by atoms with Gasteiger partial charge in [-0.15, -0.1) is 0 Å². The summed E-state index contributed by atoms with van der Waals surface area (Å²) in [6.45, 7) is 1.45. The van der Waals surface area contributed by atoms with Gasteiger partial charge >= 0.3 is 0 Å². The average Bonchev–Trinajstić information content (AvgIpc) is 3.21. The van der Waals surface area contributed by atoms with E-state index in [1.165, 1.54) is 13.0 Å². The molecule has 22 heavy (non-hydrogen) atoms. The maximum Gasteiger partial charge on any atom is 0.234 e. The quantitative estimate of drug-likeness (QED) is 0.693. The first kappa shape index (κ1) is 16.3. The Balaban J connectivity index is 1.87. The van der Waals surface area contributed by atoms with E-state index in [4.69, 9.17) is 0 Å². The van der Waals surface area contributed by atoms with Crippen LogP contribution < -0.4 is 15.4 Å². The monoisotopic (exact) mass is 325 g/mol. The van der Waals surface area contributed by atoms with Crippen molar-refractivity contribution in [2.24, 2.45) is 5.92 Å². The van der Waals surface area contributed by atoms with Crippen LogP contribution in [0, 0.1) is 5.92 Å². The highest BCUT2D eigenvalue weighted by atomic mass is 32.2. The van der Waals surface area contributed by atoms with Gasteiger partial charge in [-0.3, -0.25) is 14.3 Å². The largest absolute Gasteiger partial charge is 0.355 e. The van der Waals surface area contributed by atoms with Gasteiger partial charge in [0.05, 0.1) is 11.4 Å². The van der Waals surface area contributed by atoms with Crippen molar-refractivity contribution in [2.75, 3.05) is 22.3 Å². The van der Waals surface area contributed by atoms with Gasteiger partial charge in [0.25, 0.3) is 0 Å². The van der Waals surface area contributed by atoms with Gasteiger partial charge in [0, 0.05) is 25.1 Å². The molecule has 0 atom stereocenters. The van der Waals surface area contributed by atoms with Crippen molar-refractivity contribution in [3.8, 4) is 0 Å². The van der Waals surface area contributed by atoms with Crippen LogP contribution in [0.4, 0.5) is 11.4 Å². The predicted molar refractivity (Wildman–Crippen MR) is 83.9 cm³/mol. The maximum atomic E-state index is 12.0. The second kappa shape index (κ2) is 6.78. The lowest BCUT2D eigenvalue weighted by atomic mass is 10.3. The lowest BCUT2D eigenvalue weighted by Crippen LogP contribution is -2.32. The van der Waals surface area contributed by atoms with Crippen LogP contribution in [-0.2, 0) is 19.6 Å². The summed E-state index contributed by atoms with van der Waals surface area (Å²) in [5.74, 6) is -0.453. The second-order valence-corrected chi connectivity index (χ2v) is 7.09. The number of rotatable bonds is 7. The molecule has 0 heterocycles. The molecule has 0 spiro atoms. The zero-order valence-electron chi connectivity index (χ0n) is 12.3. The van der Waals surface area contributed by atoms with Gasteiger partial charge in [-0.1, -0.05) is 6.07 Å². The summed E-state index contributed by atoms with van der Waals surface area (Å²) in [6.07, 6.45) is 1.76. The van der Waals surface area contributed by atoms with Crippen LogP contribution in [-0.4, -0.2) is 32.5 Å². The van der Waals surface area contributed by atoms with Crippen molar-refractivity contribution in [3.05, 3.63) is 24.3 Å². The number of benzene rings is 1. The third-order valence-electron chi connectivity index (χ3n) is 3.07. The Morgan fingerprint density at radius 2 is 1.91 bits per heavy atom. The summed E-state index contributed by atoms with van der Waals surface area (Å²) < 4.78 is 26.3. The number of anilines is 2. The van der Waals surface area contributed by atoms with Gasteiger partial charge in [-0.25, -0.2) is 8.42 Å². The third-order valence-corrected chi connectivity index (χ3v) is 4.36. The van der Waals surface area contributed by atoms with Gasteiger partial charge < -0.3 is 10.6 Å². The van der Waals surface area contributed by atoms with E-state index in [-0.39, 0.29) is 30.0 Å². The molecule has 2 rings (SSSR count). The van der Waals surface area contributed by atoms with Crippen molar-refractivity contribution in [2.45, 2.75) is 19.8 Å². The minimum Gasteiger partial charge on any atom is -0.355 e. The molecule has 0 unspecified atom stereocenters. The van der Waals surface area contributed by atoms with Crippen molar-refractivity contribution in [1.29, 1.82) is 0 Å². The Morgan fingerprint density at radius 1 is 1.23 bits per heavy atom. The smallest absolute Gasteiger partial charge is 0.234 e. The number of carbonyl (C=O) groups is 2. The summed E-state index contributed by atoms with van der Waals surface area (Å²) in [6, 6.07) is 6.42. The van der Waals surface area contributed by atoms with E-state index in [1.54, 1.807) is 18.2 Å². The fourth-order valence-electron chi connectivity index (χ4n) is 1.89. The molecular formula is C14H19N3O4S.